The smallest absolute Gasteiger partial charge is 0.324 e. The molecule has 1 saturated heterocycles. The number of benzene rings is 1. The fraction of sp³-hybridized carbons (Fsp3) is 0.600. The van der Waals surface area contributed by atoms with Crippen molar-refractivity contribution in [1.82, 2.24) is 9.62 Å². The van der Waals surface area contributed by atoms with Gasteiger partial charge in [0, 0.05) is 12.6 Å². The quantitative estimate of drug-likeness (QED) is 0.664. The van der Waals surface area contributed by atoms with Gasteiger partial charge in [-0.25, -0.2) is 8.42 Å². The van der Waals surface area contributed by atoms with Crippen LogP contribution in [0.2, 0.25) is 0 Å². The van der Waals surface area contributed by atoms with E-state index in [9.17, 15) is 18.0 Å². The second-order valence-corrected chi connectivity index (χ2v) is 9.02. The molecular weight excluding hydrogens is 380 g/mol. The number of ether oxygens (including phenoxy) is 1. The highest BCUT2D eigenvalue weighted by Crippen LogP contribution is 2.26. The molecular formula is C20H30N2O5S. The van der Waals surface area contributed by atoms with Crippen LogP contribution in [-0.4, -0.2) is 49.8 Å². The number of carbonyl (C=O) groups is 2. The summed E-state index contributed by atoms with van der Waals surface area (Å²) in [5, 5.41) is 2.80. The topological polar surface area (TPSA) is 92.8 Å². The van der Waals surface area contributed by atoms with Gasteiger partial charge in [-0.3, -0.25) is 9.59 Å². The lowest BCUT2D eigenvalue weighted by atomic mass is 10.1. The Kier molecular flexibility index (Phi) is 8.00. The summed E-state index contributed by atoms with van der Waals surface area (Å²) < 4.78 is 32.4. The molecule has 1 fully saturated rings. The number of sulfonamides is 1. The zero-order valence-corrected chi connectivity index (χ0v) is 17.6. The molecule has 1 heterocycles. The molecule has 2 rings (SSSR count). The molecule has 7 nitrogen and oxygen atoms in total. The molecule has 8 heteroatoms. The van der Waals surface area contributed by atoms with Crippen molar-refractivity contribution in [2.24, 2.45) is 0 Å². The van der Waals surface area contributed by atoms with E-state index in [1.54, 1.807) is 24.3 Å². The van der Waals surface area contributed by atoms with Gasteiger partial charge >= 0.3 is 5.97 Å². The third-order valence-electron chi connectivity index (χ3n) is 5.05. The summed E-state index contributed by atoms with van der Waals surface area (Å²) in [6, 6.07) is 5.69. The van der Waals surface area contributed by atoms with Gasteiger partial charge in [0.15, 0.2) is 6.61 Å². The molecule has 0 aromatic heterocycles. The van der Waals surface area contributed by atoms with Crippen LogP contribution in [0.5, 0.6) is 0 Å². The Bertz CT molecular complexity index is 772. The molecule has 0 aliphatic carbocycles. The van der Waals surface area contributed by atoms with E-state index >= 15 is 0 Å². The number of rotatable bonds is 8. The van der Waals surface area contributed by atoms with E-state index in [1.165, 1.54) is 4.31 Å². The lowest BCUT2D eigenvalue weighted by molar-refractivity contribution is -0.153. The Morgan fingerprint density at radius 2 is 1.82 bits per heavy atom. The number of carbonyl (C=O) groups excluding carboxylic acids is 2. The summed E-state index contributed by atoms with van der Waals surface area (Å²) in [5.74, 6) is -1.04. The van der Waals surface area contributed by atoms with Gasteiger partial charge in [0.1, 0.15) is 6.04 Å². The molecule has 0 spiro atoms. The normalized spacial score (nSPS) is 18.1. The summed E-state index contributed by atoms with van der Waals surface area (Å²) in [6.07, 6.45) is 3.39. The van der Waals surface area contributed by atoms with E-state index in [0.717, 1.165) is 24.8 Å². The Balaban J connectivity index is 2.06. The molecule has 156 valence electrons. The Morgan fingerprint density at radius 1 is 1.18 bits per heavy atom. The minimum atomic E-state index is -3.81. The van der Waals surface area contributed by atoms with Crippen LogP contribution in [0.4, 0.5) is 0 Å². The molecule has 1 aliphatic heterocycles. The fourth-order valence-electron chi connectivity index (χ4n) is 3.27. The van der Waals surface area contributed by atoms with Crippen LogP contribution in [0.15, 0.2) is 29.2 Å². The van der Waals surface area contributed by atoms with E-state index < -0.39 is 28.6 Å². The minimum Gasteiger partial charge on any atom is -0.454 e. The molecule has 1 aromatic carbocycles. The molecule has 1 amide bonds. The number of piperidine rings is 1. The Labute approximate surface area is 167 Å². The maximum Gasteiger partial charge on any atom is 0.324 e. The third kappa shape index (κ3) is 5.54. The van der Waals surface area contributed by atoms with Crippen molar-refractivity contribution in [1.29, 1.82) is 0 Å². The van der Waals surface area contributed by atoms with Crippen molar-refractivity contribution in [3.05, 3.63) is 29.8 Å². The lowest BCUT2D eigenvalue weighted by Crippen LogP contribution is -2.49. The van der Waals surface area contributed by atoms with Crippen LogP contribution < -0.4 is 5.32 Å². The van der Waals surface area contributed by atoms with Gasteiger partial charge < -0.3 is 10.1 Å². The largest absolute Gasteiger partial charge is 0.454 e. The zero-order valence-electron chi connectivity index (χ0n) is 16.8. The first-order chi connectivity index (χ1) is 13.3. The Morgan fingerprint density at radius 3 is 2.43 bits per heavy atom. The van der Waals surface area contributed by atoms with Gasteiger partial charge in [-0.15, -0.1) is 0 Å². The van der Waals surface area contributed by atoms with Gasteiger partial charge in [0.05, 0.1) is 4.90 Å². The average Bonchev–Trinajstić information content (AvgIpc) is 2.70. The number of hydrogen-bond donors (Lipinski definition) is 1. The molecule has 1 atom stereocenters. The highest BCUT2D eigenvalue weighted by atomic mass is 32.2. The van der Waals surface area contributed by atoms with Crippen LogP contribution in [0.3, 0.4) is 0 Å². The van der Waals surface area contributed by atoms with Gasteiger partial charge in [-0.2, -0.15) is 4.31 Å². The van der Waals surface area contributed by atoms with Gasteiger partial charge in [-0.05, 0) is 51.2 Å². The lowest BCUT2D eigenvalue weighted by Gasteiger charge is -2.33. The third-order valence-corrected chi connectivity index (χ3v) is 6.97. The number of nitrogens with one attached hydrogen (secondary N) is 1. The zero-order chi connectivity index (χ0) is 20.7. The first-order valence-electron chi connectivity index (χ1n) is 9.84. The van der Waals surface area contributed by atoms with Gasteiger partial charge in [0.25, 0.3) is 5.91 Å². The molecule has 1 unspecified atom stereocenters. The average molecular weight is 411 g/mol. The summed E-state index contributed by atoms with van der Waals surface area (Å²) in [5.41, 5.74) is 0.956. The molecule has 1 N–H and O–H groups in total. The van der Waals surface area contributed by atoms with Gasteiger partial charge in [-0.1, -0.05) is 31.5 Å². The fourth-order valence-corrected chi connectivity index (χ4v) is 4.92. The van der Waals surface area contributed by atoms with E-state index in [-0.39, 0.29) is 23.4 Å². The number of hydrogen-bond acceptors (Lipinski definition) is 5. The SMILES string of the molecule is CCC(CC)NC(=O)COC(=O)C1CCCCN1S(=O)(=O)c1ccc(C)cc1. The van der Waals surface area contributed by atoms with Crippen molar-refractivity contribution in [2.75, 3.05) is 13.2 Å². The van der Waals surface area contributed by atoms with E-state index in [0.29, 0.717) is 12.8 Å². The number of esters is 1. The van der Waals surface area contributed by atoms with Crippen LogP contribution in [0.1, 0.15) is 51.5 Å². The number of amides is 1. The van der Waals surface area contributed by atoms with Gasteiger partial charge in [0.2, 0.25) is 10.0 Å². The molecule has 0 saturated carbocycles. The van der Waals surface area contributed by atoms with Crippen LogP contribution in [-0.2, 0) is 24.3 Å². The number of aryl methyl sites for hydroxylation is 1. The maximum absolute atomic E-state index is 13.0. The van der Waals surface area contributed by atoms with E-state index in [1.807, 2.05) is 20.8 Å². The summed E-state index contributed by atoms with van der Waals surface area (Å²) in [6.45, 7) is 5.68. The van der Waals surface area contributed by atoms with Crippen molar-refractivity contribution < 1.29 is 22.7 Å². The second kappa shape index (κ2) is 10.0. The van der Waals surface area contributed by atoms with Crippen molar-refractivity contribution in [2.45, 2.75) is 69.9 Å². The molecule has 0 radical (unpaired) electrons. The van der Waals surface area contributed by atoms with Crippen LogP contribution in [0, 0.1) is 6.92 Å². The first kappa shape index (κ1) is 22.4. The predicted octanol–water partition coefficient (Wildman–Crippen LogP) is 2.39. The highest BCUT2D eigenvalue weighted by Gasteiger charge is 2.38. The summed E-state index contributed by atoms with van der Waals surface area (Å²) in [4.78, 5) is 24.7. The summed E-state index contributed by atoms with van der Waals surface area (Å²) >= 11 is 0. The molecule has 1 aromatic rings. The summed E-state index contributed by atoms with van der Waals surface area (Å²) in [7, 11) is -3.81. The van der Waals surface area contributed by atoms with Crippen molar-refractivity contribution in [3.8, 4) is 0 Å². The molecule has 28 heavy (non-hydrogen) atoms. The number of nitrogens with zero attached hydrogens (tertiary/aromatic N) is 1. The molecule has 0 bridgehead atoms. The predicted molar refractivity (Wildman–Crippen MR) is 106 cm³/mol. The standard InChI is InChI=1S/C20H30N2O5S/c1-4-16(5-2)21-19(23)14-27-20(24)18-8-6-7-13-22(18)28(25,26)17-11-9-15(3)10-12-17/h9-12,16,18H,4-8,13-14H2,1-3H3,(H,21,23). The van der Waals surface area contributed by atoms with E-state index in [4.69, 9.17) is 4.74 Å². The minimum absolute atomic E-state index is 0.0410. The van der Waals surface area contributed by atoms with Crippen LogP contribution in [0.25, 0.3) is 0 Å². The second-order valence-electron chi connectivity index (χ2n) is 7.13. The van der Waals surface area contributed by atoms with Crippen LogP contribution >= 0.6 is 0 Å². The monoisotopic (exact) mass is 410 g/mol. The van der Waals surface area contributed by atoms with E-state index in [2.05, 4.69) is 5.32 Å². The maximum atomic E-state index is 13.0. The highest BCUT2D eigenvalue weighted by molar-refractivity contribution is 7.89. The first-order valence-corrected chi connectivity index (χ1v) is 11.3. The van der Waals surface area contributed by atoms with Crippen molar-refractivity contribution in [3.63, 3.8) is 0 Å². The molecule has 1 aliphatic rings. The van der Waals surface area contributed by atoms with Crippen molar-refractivity contribution >= 4 is 21.9 Å². The Hall–Kier alpha value is -1.93.